The molecule has 1 aromatic heterocycles. The molecule has 1 aliphatic carbocycles. The summed E-state index contributed by atoms with van der Waals surface area (Å²) in [6, 6.07) is 24.4. The summed E-state index contributed by atoms with van der Waals surface area (Å²) in [6.45, 7) is 0.233. The van der Waals surface area contributed by atoms with Gasteiger partial charge in [-0.15, -0.1) is 0 Å². The number of rotatable bonds is 4. The molecule has 0 aliphatic heterocycles. The highest BCUT2D eigenvalue weighted by Crippen LogP contribution is 2.40. The van der Waals surface area contributed by atoms with Crippen LogP contribution >= 0.6 is 0 Å². The lowest BCUT2D eigenvalue weighted by molar-refractivity contribution is -0.699. The van der Waals surface area contributed by atoms with Crippen molar-refractivity contribution in [2.45, 2.75) is 12.0 Å². The molecule has 1 aliphatic rings. The summed E-state index contributed by atoms with van der Waals surface area (Å²) in [5, 5.41) is 2.17. The zero-order valence-corrected chi connectivity index (χ0v) is 16.5. The van der Waals surface area contributed by atoms with Gasteiger partial charge in [0.05, 0.1) is 7.11 Å². The van der Waals surface area contributed by atoms with Crippen LogP contribution < -0.4 is 9.30 Å². The van der Waals surface area contributed by atoms with Crippen LogP contribution in [0.2, 0.25) is 0 Å². The predicted octanol–water partition coefficient (Wildman–Crippen LogP) is 4.15. The van der Waals surface area contributed by atoms with Crippen molar-refractivity contribution < 1.29 is 18.9 Å². The number of hydrogen-bond donors (Lipinski definition) is 0. The largest absolute Gasteiger partial charge is 0.497 e. The van der Waals surface area contributed by atoms with Crippen molar-refractivity contribution in [1.82, 2.24) is 0 Å². The van der Waals surface area contributed by atoms with Gasteiger partial charge in [0.25, 0.3) is 0 Å². The molecule has 0 N–H and O–H groups in total. The minimum Gasteiger partial charge on any atom is -0.497 e. The second-order valence-corrected chi connectivity index (χ2v) is 7.58. The van der Waals surface area contributed by atoms with Gasteiger partial charge in [0.15, 0.2) is 35.9 Å². The summed E-state index contributed by atoms with van der Waals surface area (Å²) in [4.78, 5) is 27.4. The number of ketones is 2. The van der Waals surface area contributed by atoms with E-state index in [1.165, 1.54) is 0 Å². The summed E-state index contributed by atoms with van der Waals surface area (Å²) < 4.78 is 7.21. The van der Waals surface area contributed by atoms with E-state index in [9.17, 15) is 9.59 Å². The third-order valence-electron chi connectivity index (χ3n) is 5.94. The second kappa shape index (κ2) is 6.92. The molecular formula is C26H20NO3+. The molecule has 0 bridgehead atoms. The van der Waals surface area contributed by atoms with Crippen LogP contribution in [0.4, 0.5) is 0 Å². The van der Waals surface area contributed by atoms with Crippen molar-refractivity contribution in [3.63, 3.8) is 0 Å². The molecule has 30 heavy (non-hydrogen) atoms. The number of methoxy groups -OCH3 is 1. The van der Waals surface area contributed by atoms with Gasteiger partial charge >= 0.3 is 0 Å². The van der Waals surface area contributed by atoms with Crippen LogP contribution in [0.1, 0.15) is 26.3 Å². The molecule has 4 aromatic rings. The van der Waals surface area contributed by atoms with Crippen LogP contribution in [0.25, 0.3) is 10.8 Å². The van der Waals surface area contributed by atoms with Crippen LogP contribution in [-0.4, -0.2) is 18.7 Å². The second-order valence-electron chi connectivity index (χ2n) is 7.58. The Morgan fingerprint density at radius 2 is 1.37 bits per heavy atom. The van der Waals surface area contributed by atoms with Gasteiger partial charge in [-0.25, -0.2) is 4.57 Å². The Bertz CT molecular complexity index is 1260. The number of fused-ring (bicyclic) bond motifs is 2. The molecule has 0 unspecified atom stereocenters. The Hall–Kier alpha value is -3.79. The van der Waals surface area contributed by atoms with Crippen molar-refractivity contribution >= 4 is 22.3 Å². The average molecular weight is 394 g/mol. The van der Waals surface area contributed by atoms with E-state index >= 15 is 0 Å². The molecule has 4 nitrogen and oxygen atoms in total. The first kappa shape index (κ1) is 18.3. The maximum Gasteiger partial charge on any atom is 0.188 e. The van der Waals surface area contributed by atoms with Gasteiger partial charge in [-0.2, -0.15) is 0 Å². The molecule has 1 heterocycles. The molecule has 0 saturated carbocycles. The number of Topliss-reactive ketones (excluding diaryl/α,β-unsaturated/α-hetero) is 2. The van der Waals surface area contributed by atoms with Gasteiger partial charge in [-0.05, 0) is 29.1 Å². The van der Waals surface area contributed by atoms with E-state index in [1.807, 2.05) is 59.4 Å². The summed E-state index contributed by atoms with van der Waals surface area (Å²) >= 11 is 0. The molecule has 0 amide bonds. The van der Waals surface area contributed by atoms with Crippen LogP contribution in [0.5, 0.6) is 5.75 Å². The molecule has 0 saturated heterocycles. The highest BCUT2D eigenvalue weighted by atomic mass is 16.5. The maximum atomic E-state index is 13.7. The Labute approximate surface area is 174 Å². The molecule has 4 heteroatoms. The van der Waals surface area contributed by atoms with Gasteiger partial charge in [0, 0.05) is 22.6 Å². The lowest BCUT2D eigenvalue weighted by Gasteiger charge is -2.23. The normalized spacial score (nSPS) is 14.7. The van der Waals surface area contributed by atoms with E-state index in [-0.39, 0.29) is 18.1 Å². The van der Waals surface area contributed by atoms with Crippen LogP contribution in [-0.2, 0) is 12.0 Å². The Morgan fingerprint density at radius 1 is 0.767 bits per heavy atom. The molecule has 3 aromatic carbocycles. The molecular weight excluding hydrogens is 374 g/mol. The number of pyridine rings is 1. The Balaban J connectivity index is 1.68. The van der Waals surface area contributed by atoms with Crippen LogP contribution in [0.15, 0.2) is 91.3 Å². The topological polar surface area (TPSA) is 47.2 Å². The summed E-state index contributed by atoms with van der Waals surface area (Å²) in [7, 11) is 1.59. The van der Waals surface area contributed by atoms with Crippen molar-refractivity contribution in [1.29, 1.82) is 0 Å². The SMILES string of the molecule is COc1ccc(C2(C[n+]3ccc4ccccc4c3)C(=O)c3ccccc3C2=O)cc1. The third-order valence-corrected chi connectivity index (χ3v) is 5.94. The molecule has 0 fully saturated rings. The van der Waals surface area contributed by atoms with E-state index in [4.69, 9.17) is 4.74 Å². The number of ether oxygens (including phenoxy) is 1. The van der Waals surface area contributed by atoms with E-state index in [1.54, 1.807) is 43.5 Å². The van der Waals surface area contributed by atoms with Crippen molar-refractivity contribution in [3.8, 4) is 5.75 Å². The first-order valence-electron chi connectivity index (χ1n) is 9.84. The van der Waals surface area contributed by atoms with Gasteiger partial charge in [-0.1, -0.05) is 54.6 Å². The first-order valence-corrected chi connectivity index (χ1v) is 9.84. The van der Waals surface area contributed by atoms with E-state index in [0.717, 1.165) is 10.8 Å². The van der Waals surface area contributed by atoms with Gasteiger partial charge in [-0.3, -0.25) is 9.59 Å². The smallest absolute Gasteiger partial charge is 0.188 e. The highest BCUT2D eigenvalue weighted by molar-refractivity contribution is 6.33. The summed E-state index contributed by atoms with van der Waals surface area (Å²) in [5.41, 5.74) is 0.345. The summed E-state index contributed by atoms with van der Waals surface area (Å²) in [6.07, 6.45) is 3.92. The van der Waals surface area contributed by atoms with Gasteiger partial charge in [0.1, 0.15) is 5.75 Å². The number of carbonyl (C=O) groups is 2. The Morgan fingerprint density at radius 3 is 2.00 bits per heavy atom. The molecule has 0 atom stereocenters. The lowest BCUT2D eigenvalue weighted by atomic mass is 9.75. The van der Waals surface area contributed by atoms with Crippen LogP contribution in [0, 0.1) is 0 Å². The van der Waals surface area contributed by atoms with Gasteiger partial charge in [0.2, 0.25) is 0 Å². The monoisotopic (exact) mass is 394 g/mol. The van der Waals surface area contributed by atoms with E-state index in [0.29, 0.717) is 22.4 Å². The van der Waals surface area contributed by atoms with E-state index < -0.39 is 5.41 Å². The number of benzene rings is 3. The minimum atomic E-state index is -1.30. The number of nitrogens with zero attached hydrogens (tertiary/aromatic N) is 1. The number of carbonyl (C=O) groups excluding carboxylic acids is 2. The molecule has 5 rings (SSSR count). The zero-order valence-electron chi connectivity index (χ0n) is 16.5. The van der Waals surface area contributed by atoms with Crippen molar-refractivity contribution in [2.24, 2.45) is 0 Å². The fraction of sp³-hybridized carbons (Fsp3) is 0.115. The maximum absolute atomic E-state index is 13.7. The quantitative estimate of drug-likeness (QED) is 0.386. The van der Waals surface area contributed by atoms with Crippen molar-refractivity contribution in [2.75, 3.05) is 7.11 Å². The van der Waals surface area contributed by atoms with Crippen LogP contribution in [0.3, 0.4) is 0 Å². The van der Waals surface area contributed by atoms with Crippen molar-refractivity contribution in [3.05, 3.63) is 108 Å². The fourth-order valence-corrected chi connectivity index (χ4v) is 4.36. The van der Waals surface area contributed by atoms with Gasteiger partial charge < -0.3 is 4.74 Å². The lowest BCUT2D eigenvalue weighted by Crippen LogP contribution is -2.52. The molecule has 146 valence electrons. The zero-order chi connectivity index (χ0) is 20.7. The van der Waals surface area contributed by atoms with E-state index in [2.05, 4.69) is 0 Å². The predicted molar refractivity (Wildman–Crippen MR) is 114 cm³/mol. The fourth-order valence-electron chi connectivity index (χ4n) is 4.36. The summed E-state index contributed by atoms with van der Waals surface area (Å²) in [5.74, 6) is 0.366. The Kier molecular flexibility index (Phi) is 4.21. The highest BCUT2D eigenvalue weighted by Gasteiger charge is 2.57. The average Bonchev–Trinajstić information content (AvgIpc) is 3.02. The standard InChI is InChI=1S/C26H20NO3/c1-30-21-12-10-20(11-13-21)26(24(28)22-8-4-5-9-23(22)25(26)29)17-27-15-14-18-6-2-3-7-19(18)16-27/h2-16H,17H2,1H3/q+1. The number of hydrogen-bond acceptors (Lipinski definition) is 3. The minimum absolute atomic E-state index is 0.158. The molecule has 0 spiro atoms. The number of aromatic nitrogens is 1. The third kappa shape index (κ3) is 2.65. The molecule has 0 radical (unpaired) electrons. The first-order chi connectivity index (χ1) is 14.6.